The number of carbonyl (C=O) groups is 2. The van der Waals surface area contributed by atoms with Crippen LogP contribution >= 0.6 is 11.8 Å². The standard InChI is InChI=1S/C20H30O7S/c1-15(19(22)25-5)18(21)20(2,13-27-14-26-11-10-23-3)28-12-16-6-8-17(24-4)9-7-16/h6-9,15H,10-14H2,1-5H3/t15?,20-/m0/s1. The van der Waals surface area contributed by atoms with Crippen LogP contribution in [0.1, 0.15) is 19.4 Å². The number of Topliss-reactive ketones (excluding diaryl/α,β-unsaturated/α-hetero) is 1. The highest BCUT2D eigenvalue weighted by Crippen LogP contribution is 2.33. The second-order valence-electron chi connectivity index (χ2n) is 6.34. The van der Waals surface area contributed by atoms with Crippen molar-refractivity contribution in [2.24, 2.45) is 5.92 Å². The van der Waals surface area contributed by atoms with Crippen LogP contribution in [0.2, 0.25) is 0 Å². The van der Waals surface area contributed by atoms with Crippen molar-refractivity contribution in [3.8, 4) is 5.75 Å². The van der Waals surface area contributed by atoms with Gasteiger partial charge in [0.15, 0.2) is 5.78 Å². The van der Waals surface area contributed by atoms with Gasteiger partial charge in [-0.2, -0.15) is 0 Å². The van der Waals surface area contributed by atoms with Crippen molar-refractivity contribution in [2.45, 2.75) is 24.3 Å². The molecule has 1 unspecified atom stereocenters. The van der Waals surface area contributed by atoms with Gasteiger partial charge in [-0.1, -0.05) is 12.1 Å². The molecule has 0 spiro atoms. The van der Waals surface area contributed by atoms with Gasteiger partial charge in [0.25, 0.3) is 0 Å². The molecular weight excluding hydrogens is 384 g/mol. The smallest absolute Gasteiger partial charge is 0.315 e. The molecule has 0 heterocycles. The number of carbonyl (C=O) groups excluding carboxylic acids is 2. The molecule has 7 nitrogen and oxygen atoms in total. The van der Waals surface area contributed by atoms with Gasteiger partial charge in [0.2, 0.25) is 0 Å². The first kappa shape index (κ1) is 24.4. The molecule has 8 heteroatoms. The van der Waals surface area contributed by atoms with Crippen LogP contribution in [0.25, 0.3) is 0 Å². The molecule has 0 radical (unpaired) electrons. The summed E-state index contributed by atoms with van der Waals surface area (Å²) in [6.07, 6.45) is 0. The number of methoxy groups -OCH3 is 3. The molecule has 0 N–H and O–H groups in total. The van der Waals surface area contributed by atoms with E-state index in [0.29, 0.717) is 19.0 Å². The molecule has 0 aliphatic heterocycles. The zero-order valence-corrected chi connectivity index (χ0v) is 18.0. The predicted octanol–water partition coefficient (Wildman–Crippen LogP) is 2.70. The Kier molecular flexibility index (Phi) is 11.1. The highest BCUT2D eigenvalue weighted by molar-refractivity contribution is 8.00. The van der Waals surface area contributed by atoms with E-state index in [1.165, 1.54) is 18.9 Å². The Morgan fingerprint density at radius 2 is 1.75 bits per heavy atom. The summed E-state index contributed by atoms with van der Waals surface area (Å²) in [5, 5.41) is 0. The van der Waals surface area contributed by atoms with E-state index >= 15 is 0 Å². The van der Waals surface area contributed by atoms with Crippen molar-refractivity contribution < 1.29 is 33.3 Å². The van der Waals surface area contributed by atoms with Crippen LogP contribution < -0.4 is 4.74 Å². The molecule has 1 aromatic carbocycles. The van der Waals surface area contributed by atoms with E-state index in [9.17, 15) is 9.59 Å². The number of hydrogen-bond acceptors (Lipinski definition) is 8. The molecule has 0 saturated heterocycles. The molecule has 2 atom stereocenters. The molecule has 0 fully saturated rings. The molecule has 1 rings (SSSR count). The highest BCUT2D eigenvalue weighted by Gasteiger charge is 2.40. The number of esters is 1. The van der Waals surface area contributed by atoms with Crippen LogP contribution in [-0.2, 0) is 34.3 Å². The van der Waals surface area contributed by atoms with Crippen LogP contribution in [0.3, 0.4) is 0 Å². The third kappa shape index (κ3) is 7.79. The average Bonchev–Trinajstić information content (AvgIpc) is 2.73. The van der Waals surface area contributed by atoms with Crippen LogP contribution in [0, 0.1) is 5.92 Å². The number of ether oxygens (including phenoxy) is 5. The zero-order valence-electron chi connectivity index (χ0n) is 17.2. The molecule has 0 aliphatic carbocycles. The van der Waals surface area contributed by atoms with Crippen molar-refractivity contribution in [1.82, 2.24) is 0 Å². The van der Waals surface area contributed by atoms with E-state index in [1.807, 2.05) is 24.3 Å². The minimum atomic E-state index is -0.932. The molecule has 28 heavy (non-hydrogen) atoms. The van der Waals surface area contributed by atoms with Crippen molar-refractivity contribution in [3.05, 3.63) is 29.8 Å². The number of ketones is 1. The molecule has 1 aromatic rings. The lowest BCUT2D eigenvalue weighted by atomic mass is 9.95. The lowest BCUT2D eigenvalue weighted by molar-refractivity contribution is -0.150. The average molecular weight is 415 g/mol. The largest absolute Gasteiger partial charge is 0.497 e. The first-order valence-corrected chi connectivity index (χ1v) is 9.90. The molecule has 0 aromatic heterocycles. The van der Waals surface area contributed by atoms with E-state index in [-0.39, 0.29) is 19.2 Å². The summed E-state index contributed by atoms with van der Waals surface area (Å²) in [5.74, 6) is -0.333. The fraction of sp³-hybridized carbons (Fsp3) is 0.600. The van der Waals surface area contributed by atoms with Gasteiger partial charge >= 0.3 is 5.97 Å². The van der Waals surface area contributed by atoms with Crippen LogP contribution in [0.4, 0.5) is 0 Å². The van der Waals surface area contributed by atoms with Crippen LogP contribution in [0.5, 0.6) is 5.75 Å². The second-order valence-corrected chi connectivity index (χ2v) is 7.82. The summed E-state index contributed by atoms with van der Waals surface area (Å²) < 4.78 is 24.7. The maximum atomic E-state index is 13.0. The van der Waals surface area contributed by atoms with Crippen molar-refractivity contribution in [3.63, 3.8) is 0 Å². The van der Waals surface area contributed by atoms with Crippen LogP contribution in [-0.4, -0.2) is 64.4 Å². The summed E-state index contributed by atoms with van der Waals surface area (Å²) in [7, 11) is 4.47. The Hall–Kier alpha value is -1.61. The molecule has 0 saturated carbocycles. The van der Waals surface area contributed by atoms with Crippen molar-refractivity contribution in [2.75, 3.05) is 47.9 Å². The summed E-state index contributed by atoms with van der Waals surface area (Å²) in [6.45, 7) is 4.35. The van der Waals surface area contributed by atoms with Gasteiger partial charge in [-0.15, -0.1) is 11.8 Å². The number of rotatable bonds is 14. The van der Waals surface area contributed by atoms with Gasteiger partial charge in [0.1, 0.15) is 18.5 Å². The Morgan fingerprint density at radius 3 is 2.32 bits per heavy atom. The van der Waals surface area contributed by atoms with Gasteiger partial charge < -0.3 is 23.7 Å². The lowest BCUT2D eigenvalue weighted by Gasteiger charge is -2.29. The maximum absolute atomic E-state index is 13.0. The fourth-order valence-corrected chi connectivity index (χ4v) is 3.55. The Bertz CT molecular complexity index is 605. The summed E-state index contributed by atoms with van der Waals surface area (Å²) in [6, 6.07) is 7.61. The minimum absolute atomic E-state index is 0.0436. The Balaban J connectivity index is 2.77. The van der Waals surface area contributed by atoms with Gasteiger partial charge in [-0.3, -0.25) is 9.59 Å². The highest BCUT2D eigenvalue weighted by atomic mass is 32.2. The first-order valence-electron chi connectivity index (χ1n) is 8.91. The predicted molar refractivity (Wildman–Crippen MR) is 108 cm³/mol. The SMILES string of the molecule is COCCOCOC[C@](C)(SCc1ccc(OC)cc1)C(=O)C(C)C(=O)OC. The fourth-order valence-electron chi connectivity index (χ4n) is 2.39. The van der Waals surface area contributed by atoms with E-state index < -0.39 is 16.6 Å². The summed E-state index contributed by atoms with van der Waals surface area (Å²) in [4.78, 5) is 24.8. The van der Waals surface area contributed by atoms with E-state index in [1.54, 1.807) is 28.1 Å². The molecule has 0 aliphatic rings. The third-order valence-corrected chi connectivity index (χ3v) is 5.60. The van der Waals surface area contributed by atoms with E-state index in [0.717, 1.165) is 11.3 Å². The van der Waals surface area contributed by atoms with Crippen LogP contribution in [0.15, 0.2) is 24.3 Å². The lowest BCUT2D eigenvalue weighted by Crippen LogP contribution is -2.43. The maximum Gasteiger partial charge on any atom is 0.315 e. The zero-order chi connectivity index (χ0) is 21.0. The minimum Gasteiger partial charge on any atom is -0.497 e. The summed E-state index contributed by atoms with van der Waals surface area (Å²) in [5.41, 5.74) is 1.03. The molecular formula is C20H30O7S. The normalized spacial score (nSPS) is 14.2. The number of hydrogen-bond donors (Lipinski definition) is 0. The Labute approximate surface area is 171 Å². The number of thioether (sulfide) groups is 1. The van der Waals surface area contributed by atoms with Crippen molar-refractivity contribution in [1.29, 1.82) is 0 Å². The van der Waals surface area contributed by atoms with E-state index in [4.69, 9.17) is 23.7 Å². The summed E-state index contributed by atoms with van der Waals surface area (Å²) >= 11 is 1.42. The van der Waals surface area contributed by atoms with Gasteiger partial charge in [-0.05, 0) is 31.5 Å². The van der Waals surface area contributed by atoms with Gasteiger partial charge in [0.05, 0.1) is 38.8 Å². The molecule has 158 valence electrons. The number of benzene rings is 1. The topological polar surface area (TPSA) is 80.3 Å². The Morgan fingerprint density at radius 1 is 1.07 bits per heavy atom. The molecule has 0 bridgehead atoms. The third-order valence-electron chi connectivity index (χ3n) is 4.16. The van der Waals surface area contributed by atoms with E-state index in [2.05, 4.69) is 0 Å². The quantitative estimate of drug-likeness (QED) is 0.199. The van der Waals surface area contributed by atoms with Gasteiger partial charge in [0, 0.05) is 12.9 Å². The van der Waals surface area contributed by atoms with Crippen molar-refractivity contribution >= 4 is 23.5 Å². The first-order chi connectivity index (χ1) is 13.4. The van der Waals surface area contributed by atoms with Gasteiger partial charge in [-0.25, -0.2) is 0 Å². The molecule has 0 amide bonds. The second kappa shape index (κ2) is 12.8. The monoisotopic (exact) mass is 414 g/mol.